The van der Waals surface area contributed by atoms with Crippen molar-refractivity contribution in [2.45, 2.75) is 6.42 Å². The molecule has 0 radical (unpaired) electrons. The smallest absolute Gasteiger partial charge is 0.335 e. The number of thioether (sulfide) groups is 1. The van der Waals surface area contributed by atoms with Crippen LogP contribution in [0.25, 0.3) is 6.08 Å². The monoisotopic (exact) mass is 412 g/mol. The molecule has 6 nitrogen and oxygen atoms in total. The van der Waals surface area contributed by atoms with Gasteiger partial charge in [-0.05, 0) is 29.8 Å². The first-order chi connectivity index (χ1) is 13.4. The first-order valence-corrected chi connectivity index (χ1v) is 9.60. The van der Waals surface area contributed by atoms with Gasteiger partial charge in [-0.2, -0.15) is 0 Å². The quantitative estimate of drug-likeness (QED) is 0.557. The van der Waals surface area contributed by atoms with E-state index in [0.717, 1.165) is 5.56 Å². The third-order valence-electron chi connectivity index (χ3n) is 3.93. The lowest BCUT2D eigenvalue weighted by atomic mass is 10.2. The highest BCUT2D eigenvalue weighted by molar-refractivity contribution is 8.26. The van der Waals surface area contributed by atoms with Crippen molar-refractivity contribution in [1.29, 1.82) is 0 Å². The van der Waals surface area contributed by atoms with Crippen molar-refractivity contribution in [2.24, 2.45) is 0 Å². The van der Waals surface area contributed by atoms with Gasteiger partial charge in [-0.3, -0.25) is 14.5 Å². The van der Waals surface area contributed by atoms with E-state index in [1.54, 1.807) is 18.2 Å². The number of hydrogen-bond acceptors (Lipinski definition) is 5. The van der Waals surface area contributed by atoms with Gasteiger partial charge in [0.25, 0.3) is 5.91 Å². The van der Waals surface area contributed by atoms with Crippen LogP contribution in [0.4, 0.5) is 5.69 Å². The summed E-state index contributed by atoms with van der Waals surface area (Å²) < 4.78 is 0.410. The normalized spacial score (nSPS) is 15.1. The average Bonchev–Trinajstić information content (AvgIpc) is 2.94. The molecular formula is C20H16N2O4S2. The van der Waals surface area contributed by atoms with Gasteiger partial charge in [0.2, 0.25) is 5.91 Å². The molecule has 0 aliphatic carbocycles. The molecule has 0 spiro atoms. The van der Waals surface area contributed by atoms with Gasteiger partial charge < -0.3 is 10.4 Å². The number of amides is 2. The van der Waals surface area contributed by atoms with E-state index in [4.69, 9.17) is 17.3 Å². The topological polar surface area (TPSA) is 86.7 Å². The fraction of sp³-hybridized carbons (Fsp3) is 0.100. The molecule has 1 heterocycles. The molecule has 2 N–H and O–H groups in total. The zero-order valence-electron chi connectivity index (χ0n) is 14.6. The number of carbonyl (C=O) groups excluding carboxylic acids is 2. The number of anilines is 1. The number of thiocarbonyl (C=S) groups is 1. The van der Waals surface area contributed by atoms with E-state index in [1.165, 1.54) is 28.8 Å². The molecule has 1 fully saturated rings. The van der Waals surface area contributed by atoms with Gasteiger partial charge >= 0.3 is 5.97 Å². The van der Waals surface area contributed by atoms with Gasteiger partial charge in [0.05, 0.1) is 10.5 Å². The van der Waals surface area contributed by atoms with Gasteiger partial charge in [-0.15, -0.1) is 0 Å². The number of carbonyl (C=O) groups is 3. The molecule has 1 aliphatic heterocycles. The predicted molar refractivity (Wildman–Crippen MR) is 113 cm³/mol. The summed E-state index contributed by atoms with van der Waals surface area (Å²) in [5, 5.41) is 11.6. The standard InChI is InChI=1S/C20H16N2O4S2/c23-17(21-15-8-4-7-14(12-15)19(25)26)9-10-22-18(24)16(28-20(22)27)11-13-5-2-1-3-6-13/h1-8,11-12H,9-10H2,(H,21,23)(H,25,26)/b16-11-. The molecule has 2 aromatic rings. The maximum atomic E-state index is 12.6. The van der Waals surface area contributed by atoms with Gasteiger partial charge in [0.1, 0.15) is 4.32 Å². The van der Waals surface area contributed by atoms with Crippen molar-refractivity contribution in [3.63, 3.8) is 0 Å². The maximum Gasteiger partial charge on any atom is 0.335 e. The first-order valence-electron chi connectivity index (χ1n) is 8.37. The minimum atomic E-state index is -1.07. The minimum absolute atomic E-state index is 0.0440. The Bertz CT molecular complexity index is 973. The lowest BCUT2D eigenvalue weighted by Gasteiger charge is -2.14. The Kier molecular flexibility index (Phi) is 6.23. The largest absolute Gasteiger partial charge is 0.478 e. The fourth-order valence-corrected chi connectivity index (χ4v) is 3.87. The van der Waals surface area contributed by atoms with Crippen LogP contribution in [0.2, 0.25) is 0 Å². The molecular weight excluding hydrogens is 396 g/mol. The van der Waals surface area contributed by atoms with Crippen LogP contribution in [0.1, 0.15) is 22.3 Å². The second-order valence-electron chi connectivity index (χ2n) is 5.93. The summed E-state index contributed by atoms with van der Waals surface area (Å²) in [6.07, 6.45) is 1.82. The van der Waals surface area contributed by atoms with E-state index < -0.39 is 5.97 Å². The number of benzene rings is 2. The van der Waals surface area contributed by atoms with Crippen LogP contribution < -0.4 is 5.32 Å². The minimum Gasteiger partial charge on any atom is -0.478 e. The second-order valence-corrected chi connectivity index (χ2v) is 7.60. The van der Waals surface area contributed by atoms with Crippen molar-refractivity contribution < 1.29 is 19.5 Å². The van der Waals surface area contributed by atoms with Crippen LogP contribution in [0.15, 0.2) is 59.5 Å². The number of carboxylic acids is 1. The molecule has 2 aromatic carbocycles. The molecule has 142 valence electrons. The lowest BCUT2D eigenvalue weighted by Crippen LogP contribution is -2.31. The summed E-state index contributed by atoms with van der Waals surface area (Å²) in [6.45, 7) is 0.154. The molecule has 0 aromatic heterocycles. The van der Waals surface area contributed by atoms with E-state index in [9.17, 15) is 14.4 Å². The van der Waals surface area contributed by atoms with E-state index in [0.29, 0.717) is 14.9 Å². The van der Waals surface area contributed by atoms with Crippen LogP contribution in [0.3, 0.4) is 0 Å². The second kappa shape index (κ2) is 8.81. The molecule has 2 amide bonds. The van der Waals surface area contributed by atoms with Crippen LogP contribution in [-0.4, -0.2) is 38.7 Å². The highest BCUT2D eigenvalue weighted by Gasteiger charge is 2.32. The summed E-state index contributed by atoms with van der Waals surface area (Å²) in [7, 11) is 0. The zero-order valence-corrected chi connectivity index (χ0v) is 16.3. The Morgan fingerprint density at radius 1 is 1.14 bits per heavy atom. The number of rotatable bonds is 6. The first kappa shape index (κ1) is 19.8. The molecule has 0 saturated carbocycles. The highest BCUT2D eigenvalue weighted by atomic mass is 32.2. The van der Waals surface area contributed by atoms with Gasteiger partial charge in [0, 0.05) is 18.7 Å². The zero-order chi connectivity index (χ0) is 20.1. The fourth-order valence-electron chi connectivity index (χ4n) is 2.56. The SMILES string of the molecule is O=C(CCN1C(=O)/C(=C/c2ccccc2)SC1=S)Nc1cccc(C(=O)O)c1. The Labute approximate surface area is 171 Å². The van der Waals surface area contributed by atoms with E-state index in [2.05, 4.69) is 5.32 Å². The molecule has 8 heteroatoms. The summed E-state index contributed by atoms with van der Waals surface area (Å²) >= 11 is 6.48. The van der Waals surface area contributed by atoms with Crippen molar-refractivity contribution in [3.05, 3.63) is 70.6 Å². The van der Waals surface area contributed by atoms with Crippen molar-refractivity contribution in [3.8, 4) is 0 Å². The van der Waals surface area contributed by atoms with E-state index >= 15 is 0 Å². The number of nitrogens with zero attached hydrogens (tertiary/aromatic N) is 1. The van der Waals surface area contributed by atoms with Gasteiger partial charge in [-0.25, -0.2) is 4.79 Å². The maximum absolute atomic E-state index is 12.6. The van der Waals surface area contributed by atoms with Crippen LogP contribution in [0.5, 0.6) is 0 Å². The third kappa shape index (κ3) is 4.85. The summed E-state index contributed by atoms with van der Waals surface area (Å²) in [5.74, 6) is -1.62. The molecule has 0 bridgehead atoms. The highest BCUT2D eigenvalue weighted by Crippen LogP contribution is 2.32. The molecule has 3 rings (SSSR count). The average molecular weight is 412 g/mol. The lowest BCUT2D eigenvalue weighted by molar-refractivity contribution is -0.122. The van der Waals surface area contributed by atoms with Crippen molar-refractivity contribution >= 4 is 57.8 Å². The Hall–Kier alpha value is -2.97. The Morgan fingerprint density at radius 3 is 2.61 bits per heavy atom. The summed E-state index contributed by atoms with van der Waals surface area (Å²) in [5.41, 5.74) is 1.37. The van der Waals surface area contributed by atoms with Crippen LogP contribution in [-0.2, 0) is 9.59 Å². The molecule has 1 saturated heterocycles. The predicted octanol–water partition coefficient (Wildman–Crippen LogP) is 3.61. The van der Waals surface area contributed by atoms with E-state index in [-0.39, 0.29) is 30.3 Å². The van der Waals surface area contributed by atoms with Crippen LogP contribution in [0, 0.1) is 0 Å². The number of hydrogen-bond donors (Lipinski definition) is 2. The molecule has 0 unspecified atom stereocenters. The van der Waals surface area contributed by atoms with Crippen molar-refractivity contribution in [1.82, 2.24) is 4.90 Å². The van der Waals surface area contributed by atoms with E-state index in [1.807, 2.05) is 30.3 Å². The molecule has 28 heavy (non-hydrogen) atoms. The Morgan fingerprint density at radius 2 is 1.89 bits per heavy atom. The Balaban J connectivity index is 1.59. The summed E-state index contributed by atoms with van der Waals surface area (Å²) in [4.78, 5) is 37.7. The van der Waals surface area contributed by atoms with Crippen LogP contribution >= 0.6 is 24.0 Å². The molecule has 0 atom stereocenters. The van der Waals surface area contributed by atoms with Gasteiger partial charge in [0.15, 0.2) is 0 Å². The molecule has 1 aliphatic rings. The van der Waals surface area contributed by atoms with Crippen molar-refractivity contribution in [2.75, 3.05) is 11.9 Å². The number of aromatic carboxylic acids is 1. The number of nitrogens with one attached hydrogen (secondary N) is 1. The third-order valence-corrected chi connectivity index (χ3v) is 5.30. The summed E-state index contributed by atoms with van der Waals surface area (Å²) in [6, 6.07) is 15.4. The number of carboxylic acid groups (broad SMARTS) is 1. The van der Waals surface area contributed by atoms with Gasteiger partial charge in [-0.1, -0.05) is 60.4 Å².